The van der Waals surface area contributed by atoms with Gasteiger partial charge in [-0.1, -0.05) is 23.7 Å². The van der Waals surface area contributed by atoms with Crippen LogP contribution in [0.3, 0.4) is 0 Å². The first kappa shape index (κ1) is 16.0. The number of benzene rings is 1. The SMILES string of the molecule is O=C(O)[C@@H]1C[C@H](O)CN1S(=O)(=O)C=Cc1ccc(Cl)cc1. The molecule has 1 heterocycles. The summed E-state index contributed by atoms with van der Waals surface area (Å²) in [6.07, 6.45) is 0.281. The largest absolute Gasteiger partial charge is 0.480 e. The lowest BCUT2D eigenvalue weighted by atomic mass is 10.2. The summed E-state index contributed by atoms with van der Waals surface area (Å²) in [4.78, 5) is 11.1. The van der Waals surface area contributed by atoms with E-state index in [-0.39, 0.29) is 13.0 Å². The molecule has 2 atom stereocenters. The normalized spacial score (nSPS) is 23.7. The summed E-state index contributed by atoms with van der Waals surface area (Å²) < 4.78 is 25.1. The molecule has 1 aliphatic rings. The average Bonchev–Trinajstić information content (AvgIpc) is 2.81. The second kappa shape index (κ2) is 6.15. The summed E-state index contributed by atoms with van der Waals surface area (Å²) in [5.41, 5.74) is 0.620. The van der Waals surface area contributed by atoms with Gasteiger partial charge in [0.05, 0.1) is 6.10 Å². The summed E-state index contributed by atoms with van der Waals surface area (Å²) in [6.45, 7) is -0.218. The Morgan fingerprint density at radius 3 is 2.52 bits per heavy atom. The van der Waals surface area contributed by atoms with E-state index in [1.165, 1.54) is 6.08 Å². The van der Waals surface area contributed by atoms with Crippen molar-refractivity contribution in [1.82, 2.24) is 4.31 Å². The Morgan fingerprint density at radius 1 is 1.33 bits per heavy atom. The topological polar surface area (TPSA) is 94.9 Å². The maximum absolute atomic E-state index is 12.2. The molecule has 2 N–H and O–H groups in total. The number of aliphatic carboxylic acids is 1. The maximum atomic E-state index is 12.2. The molecule has 1 aliphatic heterocycles. The predicted molar refractivity (Wildman–Crippen MR) is 78.2 cm³/mol. The minimum atomic E-state index is -3.92. The number of halogens is 1. The molecule has 0 saturated carbocycles. The lowest BCUT2D eigenvalue weighted by Gasteiger charge is -2.18. The van der Waals surface area contributed by atoms with Gasteiger partial charge in [-0.25, -0.2) is 8.42 Å². The van der Waals surface area contributed by atoms with Crippen LogP contribution in [-0.4, -0.2) is 47.6 Å². The van der Waals surface area contributed by atoms with Gasteiger partial charge < -0.3 is 10.2 Å². The fourth-order valence-corrected chi connectivity index (χ4v) is 3.63. The Bertz CT molecular complexity index is 656. The van der Waals surface area contributed by atoms with Crippen molar-refractivity contribution in [2.75, 3.05) is 6.54 Å². The first-order valence-corrected chi connectivity index (χ1v) is 8.04. The zero-order chi connectivity index (χ0) is 15.6. The number of sulfonamides is 1. The zero-order valence-corrected chi connectivity index (χ0v) is 12.5. The van der Waals surface area contributed by atoms with Crippen molar-refractivity contribution in [2.24, 2.45) is 0 Å². The zero-order valence-electron chi connectivity index (χ0n) is 10.9. The third kappa shape index (κ3) is 3.82. The minimum absolute atomic E-state index is 0.108. The lowest BCUT2D eigenvalue weighted by molar-refractivity contribution is -0.140. The van der Waals surface area contributed by atoms with E-state index in [0.29, 0.717) is 10.6 Å². The molecule has 0 unspecified atom stereocenters. The summed E-state index contributed by atoms with van der Waals surface area (Å²) in [5.74, 6) is -1.27. The lowest BCUT2D eigenvalue weighted by Crippen LogP contribution is -2.39. The number of hydrogen-bond acceptors (Lipinski definition) is 4. The quantitative estimate of drug-likeness (QED) is 0.863. The first-order valence-electron chi connectivity index (χ1n) is 6.16. The van der Waals surface area contributed by atoms with Crippen LogP contribution < -0.4 is 0 Å². The molecule has 0 amide bonds. The van der Waals surface area contributed by atoms with E-state index in [4.69, 9.17) is 16.7 Å². The Balaban J connectivity index is 2.21. The van der Waals surface area contributed by atoms with Gasteiger partial charge in [-0.15, -0.1) is 0 Å². The monoisotopic (exact) mass is 331 g/mol. The molecule has 1 aromatic carbocycles. The number of nitrogens with zero attached hydrogens (tertiary/aromatic N) is 1. The van der Waals surface area contributed by atoms with Crippen LogP contribution in [0, 0.1) is 0 Å². The van der Waals surface area contributed by atoms with Crippen LogP contribution in [0.4, 0.5) is 0 Å². The highest BCUT2D eigenvalue weighted by molar-refractivity contribution is 7.92. The number of rotatable bonds is 4. The molecule has 1 fully saturated rings. The van der Waals surface area contributed by atoms with E-state index in [2.05, 4.69) is 0 Å². The maximum Gasteiger partial charge on any atom is 0.322 e. The highest BCUT2D eigenvalue weighted by Crippen LogP contribution is 2.23. The number of carboxylic acids is 1. The van der Waals surface area contributed by atoms with E-state index in [1.807, 2.05) is 0 Å². The number of aliphatic hydroxyl groups is 1. The molecule has 2 rings (SSSR count). The van der Waals surface area contributed by atoms with Crippen LogP contribution in [0.1, 0.15) is 12.0 Å². The molecule has 1 saturated heterocycles. The van der Waals surface area contributed by atoms with E-state index in [0.717, 1.165) is 9.71 Å². The Labute approximate surface area is 127 Å². The van der Waals surface area contributed by atoms with Crippen molar-refractivity contribution in [3.05, 3.63) is 40.3 Å². The summed E-state index contributed by atoms with van der Waals surface area (Å²) in [5, 5.41) is 20.0. The van der Waals surface area contributed by atoms with Crippen molar-refractivity contribution in [1.29, 1.82) is 0 Å². The summed E-state index contributed by atoms with van der Waals surface area (Å²) in [6, 6.07) is 5.28. The van der Waals surface area contributed by atoms with E-state index in [9.17, 15) is 18.3 Å². The van der Waals surface area contributed by atoms with E-state index < -0.39 is 28.1 Å². The highest BCUT2D eigenvalue weighted by Gasteiger charge is 2.41. The highest BCUT2D eigenvalue weighted by atomic mass is 35.5. The van der Waals surface area contributed by atoms with Crippen molar-refractivity contribution >= 4 is 33.7 Å². The molecule has 8 heteroatoms. The van der Waals surface area contributed by atoms with Crippen LogP contribution in [0.25, 0.3) is 6.08 Å². The molecule has 21 heavy (non-hydrogen) atoms. The van der Waals surface area contributed by atoms with Crippen LogP contribution >= 0.6 is 11.6 Å². The Kier molecular flexibility index (Phi) is 4.67. The fourth-order valence-electron chi connectivity index (χ4n) is 2.11. The predicted octanol–water partition coefficient (Wildman–Crippen LogP) is 1.16. The molecule has 114 valence electrons. The van der Waals surface area contributed by atoms with Gasteiger partial charge in [-0.05, 0) is 23.8 Å². The third-order valence-corrected chi connectivity index (χ3v) is 4.94. The molecular weight excluding hydrogens is 318 g/mol. The molecule has 0 bridgehead atoms. The molecule has 1 aromatic rings. The summed E-state index contributed by atoms with van der Waals surface area (Å²) in [7, 11) is -3.92. The first-order chi connectivity index (χ1) is 9.79. The number of carbonyl (C=O) groups is 1. The summed E-state index contributed by atoms with van der Waals surface area (Å²) >= 11 is 5.73. The second-order valence-corrected chi connectivity index (χ2v) is 6.92. The number of carboxylic acid groups (broad SMARTS) is 1. The van der Waals surface area contributed by atoms with Gasteiger partial charge in [-0.2, -0.15) is 4.31 Å². The van der Waals surface area contributed by atoms with Gasteiger partial charge in [0.25, 0.3) is 0 Å². The molecule has 0 aliphatic carbocycles. The smallest absolute Gasteiger partial charge is 0.322 e. The molecular formula is C13H14ClNO5S. The van der Waals surface area contributed by atoms with Gasteiger partial charge in [0.2, 0.25) is 10.0 Å². The van der Waals surface area contributed by atoms with Crippen LogP contribution in [0.15, 0.2) is 29.7 Å². The van der Waals surface area contributed by atoms with Crippen molar-refractivity contribution < 1.29 is 23.4 Å². The second-order valence-electron chi connectivity index (χ2n) is 4.71. The Morgan fingerprint density at radius 2 is 1.95 bits per heavy atom. The van der Waals surface area contributed by atoms with Crippen LogP contribution in [0.2, 0.25) is 5.02 Å². The van der Waals surface area contributed by atoms with Gasteiger partial charge >= 0.3 is 5.97 Å². The van der Waals surface area contributed by atoms with E-state index in [1.54, 1.807) is 24.3 Å². The molecule has 0 radical (unpaired) electrons. The van der Waals surface area contributed by atoms with Crippen molar-refractivity contribution in [2.45, 2.75) is 18.6 Å². The number of hydrogen-bond donors (Lipinski definition) is 2. The van der Waals surface area contributed by atoms with Gasteiger partial charge in [0.1, 0.15) is 6.04 Å². The van der Waals surface area contributed by atoms with Crippen LogP contribution in [0.5, 0.6) is 0 Å². The molecule has 0 aromatic heterocycles. The fraction of sp³-hybridized carbons (Fsp3) is 0.308. The Hall–Kier alpha value is -1.41. The van der Waals surface area contributed by atoms with Gasteiger partial charge in [0, 0.05) is 23.4 Å². The van der Waals surface area contributed by atoms with Gasteiger partial charge in [-0.3, -0.25) is 4.79 Å². The molecule has 6 nitrogen and oxygen atoms in total. The van der Waals surface area contributed by atoms with Crippen LogP contribution in [-0.2, 0) is 14.8 Å². The van der Waals surface area contributed by atoms with Crippen molar-refractivity contribution in [3.8, 4) is 0 Å². The standard InChI is InChI=1S/C13H14ClNO5S/c14-10-3-1-9(2-4-10)5-6-21(19,20)15-8-11(16)7-12(15)13(17)18/h1-6,11-12,16H,7-8H2,(H,17,18)/t11-,12-/m0/s1. The molecule has 0 spiro atoms. The third-order valence-electron chi connectivity index (χ3n) is 3.15. The van der Waals surface area contributed by atoms with Crippen molar-refractivity contribution in [3.63, 3.8) is 0 Å². The minimum Gasteiger partial charge on any atom is -0.480 e. The van der Waals surface area contributed by atoms with E-state index >= 15 is 0 Å². The number of aliphatic hydroxyl groups excluding tert-OH is 1. The van der Waals surface area contributed by atoms with Gasteiger partial charge in [0.15, 0.2) is 0 Å². The number of β-amino-alcohol motifs (C(OH)–C–C–N with tert-alkyl or cyclic N) is 1. The average molecular weight is 332 g/mol.